The number of piperidine rings is 2. The van der Waals surface area contributed by atoms with Crippen LogP contribution in [0, 0.1) is 0 Å². The summed E-state index contributed by atoms with van der Waals surface area (Å²) in [6.07, 6.45) is 8.71. The zero-order chi connectivity index (χ0) is 23.8. The molecule has 0 spiro atoms. The summed E-state index contributed by atoms with van der Waals surface area (Å²) in [5.74, 6) is 0. The van der Waals surface area contributed by atoms with Crippen molar-refractivity contribution >= 4 is 12.2 Å². The van der Waals surface area contributed by atoms with Crippen molar-refractivity contribution in [3.8, 4) is 0 Å². The van der Waals surface area contributed by atoms with E-state index in [4.69, 9.17) is 9.47 Å². The van der Waals surface area contributed by atoms with Crippen LogP contribution in [0.15, 0.2) is 0 Å². The number of carbonyl (C=O) groups excluding carboxylic acids is 2. The van der Waals surface area contributed by atoms with Gasteiger partial charge < -0.3 is 28.2 Å². The van der Waals surface area contributed by atoms with E-state index in [1.54, 1.807) is 28.2 Å². The summed E-state index contributed by atoms with van der Waals surface area (Å²) in [6, 6.07) is 0. The second kappa shape index (κ2) is 12.1. The molecule has 2 heterocycles. The molecule has 8 heteroatoms. The molecule has 0 unspecified atom stereocenters. The minimum Gasteiger partial charge on any atom is -0.446 e. The van der Waals surface area contributed by atoms with Crippen LogP contribution in [0.25, 0.3) is 0 Å². The van der Waals surface area contributed by atoms with E-state index in [2.05, 4.69) is 14.1 Å². The first-order chi connectivity index (χ1) is 15.0. The number of hydrogen-bond donors (Lipinski definition) is 0. The zero-order valence-electron chi connectivity index (χ0n) is 21.5. The van der Waals surface area contributed by atoms with Crippen LogP contribution in [0.3, 0.4) is 0 Å². The van der Waals surface area contributed by atoms with Gasteiger partial charge in [-0.2, -0.15) is 0 Å². The first kappa shape index (κ1) is 26.7. The third-order valence-electron chi connectivity index (χ3n) is 7.37. The number of amides is 2. The summed E-state index contributed by atoms with van der Waals surface area (Å²) in [6.45, 7) is 6.83. The van der Waals surface area contributed by atoms with E-state index in [1.807, 2.05) is 0 Å². The van der Waals surface area contributed by atoms with E-state index >= 15 is 0 Å². The van der Waals surface area contributed by atoms with Gasteiger partial charge in [0, 0.05) is 53.9 Å². The van der Waals surface area contributed by atoms with Crippen molar-refractivity contribution < 1.29 is 28.0 Å². The molecule has 186 valence electrons. The van der Waals surface area contributed by atoms with E-state index in [-0.39, 0.29) is 24.4 Å². The molecule has 0 N–H and O–H groups in total. The van der Waals surface area contributed by atoms with E-state index < -0.39 is 0 Å². The fourth-order valence-corrected chi connectivity index (χ4v) is 4.85. The Hall–Kier alpha value is -1.54. The van der Waals surface area contributed by atoms with Crippen molar-refractivity contribution in [2.75, 3.05) is 81.6 Å². The van der Waals surface area contributed by atoms with E-state index in [9.17, 15) is 9.59 Å². The Morgan fingerprint density at radius 2 is 0.969 bits per heavy atom. The summed E-state index contributed by atoms with van der Waals surface area (Å²) >= 11 is 0. The standard InChI is InChI=1S/C24H48N4O4/c1-25(2)23(29)31-21-11-17-27(5,18-12-21)15-9-7-8-10-16-28(6)19-13-22(14-20-28)32-24(30)26(3)4/h21-22H,7-20H2,1-6H3/q+2. The maximum absolute atomic E-state index is 11.7. The second-order valence-electron chi connectivity index (χ2n) is 10.9. The summed E-state index contributed by atoms with van der Waals surface area (Å²) in [4.78, 5) is 26.5. The highest BCUT2D eigenvalue weighted by molar-refractivity contribution is 5.67. The number of quaternary nitrogens is 2. The molecule has 0 radical (unpaired) electrons. The van der Waals surface area contributed by atoms with Crippen molar-refractivity contribution in [1.29, 1.82) is 0 Å². The molecule has 0 aromatic rings. The van der Waals surface area contributed by atoms with Gasteiger partial charge in [-0.15, -0.1) is 0 Å². The average molecular weight is 457 g/mol. The van der Waals surface area contributed by atoms with Crippen LogP contribution >= 0.6 is 0 Å². The predicted molar refractivity (Wildman–Crippen MR) is 126 cm³/mol. The molecule has 0 aromatic heterocycles. The van der Waals surface area contributed by atoms with Gasteiger partial charge in [-0.25, -0.2) is 9.59 Å². The van der Waals surface area contributed by atoms with Crippen LogP contribution in [0.1, 0.15) is 51.4 Å². The molecule has 0 aromatic carbocycles. The summed E-state index contributed by atoms with van der Waals surface area (Å²) in [7, 11) is 11.6. The summed E-state index contributed by atoms with van der Waals surface area (Å²) in [5, 5.41) is 0. The topological polar surface area (TPSA) is 59.1 Å². The maximum atomic E-state index is 11.7. The van der Waals surface area contributed by atoms with Gasteiger partial charge in [0.1, 0.15) is 12.2 Å². The van der Waals surface area contributed by atoms with Crippen LogP contribution in [0.2, 0.25) is 0 Å². The molecule has 32 heavy (non-hydrogen) atoms. The Bertz CT molecular complexity index is 543. The van der Waals surface area contributed by atoms with Gasteiger partial charge in [0.2, 0.25) is 0 Å². The van der Waals surface area contributed by atoms with Gasteiger partial charge in [0.25, 0.3) is 0 Å². The van der Waals surface area contributed by atoms with Crippen LogP contribution in [-0.4, -0.2) is 125 Å². The first-order valence-electron chi connectivity index (χ1n) is 12.4. The Balaban J connectivity index is 1.55. The van der Waals surface area contributed by atoms with Gasteiger partial charge >= 0.3 is 12.2 Å². The van der Waals surface area contributed by atoms with Gasteiger partial charge in [-0.05, 0) is 25.7 Å². The summed E-state index contributed by atoms with van der Waals surface area (Å²) in [5.41, 5.74) is 0. The number of likely N-dealkylation sites (tertiary alicyclic amines) is 2. The van der Waals surface area contributed by atoms with Crippen molar-refractivity contribution in [3.05, 3.63) is 0 Å². The molecular formula is C24H48N4O4+2. The molecule has 2 aliphatic rings. The highest BCUT2D eigenvalue weighted by atomic mass is 16.6. The lowest BCUT2D eigenvalue weighted by Gasteiger charge is -2.41. The third-order valence-corrected chi connectivity index (χ3v) is 7.37. The van der Waals surface area contributed by atoms with Crippen LogP contribution < -0.4 is 0 Å². The average Bonchev–Trinajstić information content (AvgIpc) is 2.74. The van der Waals surface area contributed by atoms with E-state index in [1.165, 1.54) is 48.6 Å². The molecule has 2 fully saturated rings. The van der Waals surface area contributed by atoms with Gasteiger partial charge in [0.15, 0.2) is 0 Å². The largest absolute Gasteiger partial charge is 0.446 e. The normalized spacial score (nSPS) is 30.4. The van der Waals surface area contributed by atoms with Crippen LogP contribution in [-0.2, 0) is 9.47 Å². The molecule has 8 nitrogen and oxygen atoms in total. The van der Waals surface area contributed by atoms with E-state index in [0.717, 1.165) is 60.8 Å². The van der Waals surface area contributed by atoms with Gasteiger partial charge in [-0.1, -0.05) is 0 Å². The Labute approximate surface area is 195 Å². The number of ether oxygens (including phenoxy) is 2. The third kappa shape index (κ3) is 8.77. The van der Waals surface area contributed by atoms with Gasteiger partial charge in [-0.3, -0.25) is 0 Å². The predicted octanol–water partition coefficient (Wildman–Crippen LogP) is 3.16. The van der Waals surface area contributed by atoms with Crippen molar-refractivity contribution in [1.82, 2.24) is 9.80 Å². The quantitative estimate of drug-likeness (QED) is 0.395. The SMILES string of the molecule is CN(C)C(=O)OC1CC[N+](C)(CCCCCC[N+]2(C)CCC(OC(=O)N(C)C)CC2)CC1. The monoisotopic (exact) mass is 456 g/mol. The minimum atomic E-state index is -0.221. The molecule has 0 bridgehead atoms. The molecular weight excluding hydrogens is 408 g/mol. The Morgan fingerprint density at radius 3 is 1.25 bits per heavy atom. The molecule has 0 atom stereocenters. The Morgan fingerprint density at radius 1 is 0.656 bits per heavy atom. The number of hydrogen-bond acceptors (Lipinski definition) is 4. The number of rotatable bonds is 9. The number of carbonyl (C=O) groups is 2. The van der Waals surface area contributed by atoms with Crippen LogP contribution in [0.5, 0.6) is 0 Å². The highest BCUT2D eigenvalue weighted by Crippen LogP contribution is 2.23. The zero-order valence-corrected chi connectivity index (χ0v) is 21.5. The second-order valence-corrected chi connectivity index (χ2v) is 10.9. The molecule has 2 saturated heterocycles. The van der Waals surface area contributed by atoms with Crippen LogP contribution in [0.4, 0.5) is 9.59 Å². The lowest BCUT2D eigenvalue weighted by atomic mass is 10.0. The van der Waals surface area contributed by atoms with E-state index in [0.29, 0.717) is 0 Å². The molecule has 0 aliphatic carbocycles. The lowest BCUT2D eigenvalue weighted by Crippen LogP contribution is -2.52. The molecule has 2 amide bonds. The number of nitrogens with zero attached hydrogens (tertiary/aromatic N) is 4. The first-order valence-corrected chi connectivity index (χ1v) is 12.4. The maximum Gasteiger partial charge on any atom is 0.409 e. The Kier molecular flexibility index (Phi) is 10.1. The number of unbranched alkanes of at least 4 members (excludes halogenated alkanes) is 3. The fourth-order valence-electron chi connectivity index (χ4n) is 4.85. The molecule has 2 aliphatic heterocycles. The lowest BCUT2D eigenvalue weighted by molar-refractivity contribution is -0.915. The van der Waals surface area contributed by atoms with Crippen molar-refractivity contribution in [3.63, 3.8) is 0 Å². The fraction of sp³-hybridized carbons (Fsp3) is 0.917. The van der Waals surface area contributed by atoms with Crippen molar-refractivity contribution in [2.45, 2.75) is 63.6 Å². The molecule has 2 rings (SSSR count). The minimum absolute atomic E-state index is 0.0797. The van der Waals surface area contributed by atoms with Gasteiger partial charge in [0.05, 0.1) is 53.4 Å². The highest BCUT2D eigenvalue weighted by Gasteiger charge is 2.33. The van der Waals surface area contributed by atoms with Crippen molar-refractivity contribution in [2.24, 2.45) is 0 Å². The smallest absolute Gasteiger partial charge is 0.409 e. The molecule has 0 saturated carbocycles. The summed E-state index contributed by atoms with van der Waals surface area (Å²) < 4.78 is 13.3.